The second kappa shape index (κ2) is 7.24. The highest BCUT2D eigenvalue weighted by atomic mass is 32.2. The first-order valence-corrected chi connectivity index (χ1v) is 10.3. The van der Waals surface area contributed by atoms with Crippen LogP contribution in [0, 0.1) is 6.92 Å². The van der Waals surface area contributed by atoms with Crippen molar-refractivity contribution in [1.29, 1.82) is 0 Å². The zero-order valence-electron chi connectivity index (χ0n) is 12.3. The maximum atomic E-state index is 12.4. The van der Waals surface area contributed by atoms with Gasteiger partial charge in [0, 0.05) is 12.8 Å². The van der Waals surface area contributed by atoms with E-state index < -0.39 is 25.6 Å². The van der Waals surface area contributed by atoms with E-state index in [4.69, 9.17) is 5.73 Å². The summed E-state index contributed by atoms with van der Waals surface area (Å²) in [4.78, 5) is 0. The molecule has 0 aliphatic rings. The molecular weight excluding hydrogens is 312 g/mol. The van der Waals surface area contributed by atoms with Crippen molar-refractivity contribution in [2.24, 2.45) is 5.73 Å². The second-order valence-electron chi connectivity index (χ2n) is 5.00. The largest absolute Gasteiger partial charge is 0.330 e. The van der Waals surface area contributed by atoms with Crippen LogP contribution in [0.1, 0.15) is 12.0 Å². The number of hydrogen-bond acceptors (Lipinski definition) is 5. The number of nitrogens with two attached hydrogens (primary N) is 1. The van der Waals surface area contributed by atoms with E-state index in [1.54, 1.807) is 18.2 Å². The highest BCUT2D eigenvalue weighted by Crippen LogP contribution is 2.20. The maximum Gasteiger partial charge on any atom is 0.236 e. The fraction of sp³-hybridized carbons (Fsp3) is 0.538. The van der Waals surface area contributed by atoms with Crippen LogP contribution in [0.15, 0.2) is 24.3 Å². The fourth-order valence-electron chi connectivity index (χ4n) is 1.81. The summed E-state index contributed by atoms with van der Waals surface area (Å²) in [5, 5.41) is 0. The number of benzene rings is 1. The van der Waals surface area contributed by atoms with Crippen LogP contribution in [-0.2, 0) is 19.9 Å². The minimum absolute atomic E-state index is 0.242. The zero-order chi connectivity index (χ0) is 16.1. The van der Waals surface area contributed by atoms with Crippen LogP contribution in [0.25, 0.3) is 0 Å². The van der Waals surface area contributed by atoms with Gasteiger partial charge in [-0.3, -0.25) is 4.31 Å². The van der Waals surface area contributed by atoms with Gasteiger partial charge < -0.3 is 5.73 Å². The molecule has 21 heavy (non-hydrogen) atoms. The highest BCUT2D eigenvalue weighted by molar-refractivity contribution is 7.95. The van der Waals surface area contributed by atoms with Crippen LogP contribution in [-0.4, -0.2) is 47.7 Å². The lowest BCUT2D eigenvalue weighted by molar-refractivity contribution is 0.585. The van der Waals surface area contributed by atoms with Crippen LogP contribution >= 0.6 is 0 Å². The van der Waals surface area contributed by atoms with E-state index in [9.17, 15) is 16.8 Å². The molecule has 0 heterocycles. The Morgan fingerprint density at radius 1 is 1.14 bits per heavy atom. The molecule has 2 N–H and O–H groups in total. The highest BCUT2D eigenvalue weighted by Gasteiger charge is 2.23. The van der Waals surface area contributed by atoms with Gasteiger partial charge in [-0.15, -0.1) is 0 Å². The molecule has 0 saturated heterocycles. The number of hydrogen-bond donors (Lipinski definition) is 1. The van der Waals surface area contributed by atoms with Crippen LogP contribution in [0.4, 0.5) is 5.69 Å². The average Bonchev–Trinajstić information content (AvgIpc) is 2.36. The molecular formula is C13H22N2O4S2. The van der Waals surface area contributed by atoms with Crippen molar-refractivity contribution in [2.75, 3.05) is 35.2 Å². The first-order chi connectivity index (χ1) is 9.65. The van der Waals surface area contributed by atoms with Crippen LogP contribution in [0.5, 0.6) is 0 Å². The molecule has 8 heteroatoms. The Labute approximate surface area is 126 Å². The molecule has 0 radical (unpaired) electrons. The first-order valence-electron chi connectivity index (χ1n) is 6.60. The van der Waals surface area contributed by atoms with Crippen LogP contribution < -0.4 is 10.0 Å². The predicted molar refractivity (Wildman–Crippen MR) is 85.7 cm³/mol. The van der Waals surface area contributed by atoms with Gasteiger partial charge in [-0.2, -0.15) is 0 Å². The van der Waals surface area contributed by atoms with E-state index in [2.05, 4.69) is 0 Å². The third-order valence-corrected chi connectivity index (χ3v) is 5.89. The van der Waals surface area contributed by atoms with E-state index >= 15 is 0 Å². The minimum atomic E-state index is -3.70. The summed E-state index contributed by atoms with van der Waals surface area (Å²) < 4.78 is 48.5. The van der Waals surface area contributed by atoms with Crippen molar-refractivity contribution in [1.82, 2.24) is 0 Å². The molecule has 1 aromatic rings. The first kappa shape index (κ1) is 17.9. The Morgan fingerprint density at radius 3 is 2.33 bits per heavy atom. The smallest absolute Gasteiger partial charge is 0.236 e. The third kappa shape index (κ3) is 6.03. The summed E-state index contributed by atoms with van der Waals surface area (Å²) in [5.41, 5.74) is 6.93. The monoisotopic (exact) mass is 334 g/mol. The number of sulfone groups is 1. The van der Waals surface area contributed by atoms with E-state index in [1.165, 1.54) is 4.31 Å². The molecule has 0 aliphatic heterocycles. The van der Waals surface area contributed by atoms with Crippen molar-refractivity contribution in [3.05, 3.63) is 29.8 Å². The molecule has 0 spiro atoms. The average molecular weight is 334 g/mol. The van der Waals surface area contributed by atoms with Gasteiger partial charge in [0.1, 0.15) is 9.84 Å². The Bertz CT molecular complexity index is 669. The van der Waals surface area contributed by atoms with Gasteiger partial charge in [-0.1, -0.05) is 12.1 Å². The predicted octanol–water partition coefficient (Wildman–Crippen LogP) is 0.525. The van der Waals surface area contributed by atoms with E-state index in [1.807, 2.05) is 13.0 Å². The SMILES string of the molecule is Cc1cccc(N(CCCN)S(=O)(=O)CCS(C)(=O)=O)c1. The van der Waals surface area contributed by atoms with Crippen molar-refractivity contribution in [3.63, 3.8) is 0 Å². The molecule has 0 aliphatic carbocycles. The number of sulfonamides is 1. The lowest BCUT2D eigenvalue weighted by atomic mass is 10.2. The molecule has 0 atom stereocenters. The molecule has 0 fully saturated rings. The molecule has 0 saturated carbocycles. The quantitative estimate of drug-likeness (QED) is 0.747. The van der Waals surface area contributed by atoms with Gasteiger partial charge in [0.25, 0.3) is 0 Å². The van der Waals surface area contributed by atoms with Crippen LogP contribution in [0.2, 0.25) is 0 Å². The summed E-state index contributed by atoms with van der Waals surface area (Å²) in [6, 6.07) is 7.09. The standard InChI is InChI=1S/C13H22N2O4S2/c1-12-5-3-6-13(11-12)15(8-4-7-14)21(18,19)10-9-20(2,16)17/h3,5-6,11H,4,7-10,14H2,1-2H3. The maximum absolute atomic E-state index is 12.4. The molecule has 0 amide bonds. The summed E-state index contributed by atoms with van der Waals surface area (Å²) in [5.74, 6) is -0.815. The van der Waals surface area contributed by atoms with Gasteiger partial charge in [0.15, 0.2) is 0 Å². The van der Waals surface area contributed by atoms with Crippen molar-refractivity contribution >= 4 is 25.5 Å². The van der Waals surface area contributed by atoms with Gasteiger partial charge in [0.05, 0.1) is 17.2 Å². The fourth-order valence-corrected chi connectivity index (χ4v) is 4.93. The number of nitrogens with zero attached hydrogens (tertiary/aromatic N) is 1. The van der Waals surface area contributed by atoms with E-state index in [-0.39, 0.29) is 12.3 Å². The van der Waals surface area contributed by atoms with Crippen molar-refractivity contribution in [3.8, 4) is 0 Å². The lowest BCUT2D eigenvalue weighted by Crippen LogP contribution is -2.36. The molecule has 1 rings (SSSR count). The Hall–Kier alpha value is -1.12. The summed E-state index contributed by atoms with van der Waals surface area (Å²) >= 11 is 0. The summed E-state index contributed by atoms with van der Waals surface area (Å²) in [6.07, 6.45) is 1.53. The summed E-state index contributed by atoms with van der Waals surface area (Å²) in [6.45, 7) is 2.48. The molecule has 0 unspecified atom stereocenters. The Kier molecular flexibility index (Phi) is 6.18. The molecule has 6 nitrogen and oxygen atoms in total. The molecule has 0 aromatic heterocycles. The number of aryl methyl sites for hydroxylation is 1. The van der Waals surface area contributed by atoms with Crippen molar-refractivity contribution < 1.29 is 16.8 Å². The normalized spacial score (nSPS) is 12.3. The molecule has 1 aromatic carbocycles. The van der Waals surface area contributed by atoms with E-state index in [0.717, 1.165) is 11.8 Å². The van der Waals surface area contributed by atoms with Crippen molar-refractivity contribution in [2.45, 2.75) is 13.3 Å². The second-order valence-corrected chi connectivity index (χ2v) is 9.27. The third-order valence-electron chi connectivity index (χ3n) is 2.90. The van der Waals surface area contributed by atoms with E-state index in [0.29, 0.717) is 18.7 Å². The van der Waals surface area contributed by atoms with Gasteiger partial charge in [-0.05, 0) is 37.6 Å². The minimum Gasteiger partial charge on any atom is -0.330 e. The number of anilines is 1. The van der Waals surface area contributed by atoms with Crippen LogP contribution in [0.3, 0.4) is 0 Å². The Balaban J connectivity index is 3.06. The topological polar surface area (TPSA) is 97.5 Å². The summed E-state index contributed by atoms with van der Waals surface area (Å²) in [7, 11) is -7.03. The zero-order valence-corrected chi connectivity index (χ0v) is 14.0. The van der Waals surface area contributed by atoms with Gasteiger partial charge in [0.2, 0.25) is 10.0 Å². The van der Waals surface area contributed by atoms with Gasteiger partial charge in [-0.25, -0.2) is 16.8 Å². The molecule has 0 bridgehead atoms. The Morgan fingerprint density at radius 2 is 1.81 bits per heavy atom. The molecule has 120 valence electrons. The van der Waals surface area contributed by atoms with Gasteiger partial charge >= 0.3 is 0 Å². The lowest BCUT2D eigenvalue weighted by Gasteiger charge is -2.24. The number of rotatable bonds is 8.